The second-order valence-corrected chi connectivity index (χ2v) is 8.55. The molecule has 0 N–H and O–H groups in total. The Kier molecular flexibility index (Phi) is 4.91. The van der Waals surface area contributed by atoms with E-state index in [-0.39, 0.29) is 12.1 Å². The van der Waals surface area contributed by atoms with Gasteiger partial charge in [-0.2, -0.15) is 0 Å². The predicted octanol–water partition coefficient (Wildman–Crippen LogP) is 3.39. The maximum atomic E-state index is 12.9. The van der Waals surface area contributed by atoms with Crippen molar-refractivity contribution in [2.24, 2.45) is 11.8 Å². The van der Waals surface area contributed by atoms with Crippen LogP contribution in [0.25, 0.3) is 0 Å². The number of aryl methyl sites for hydroxylation is 3. The number of carbonyl (C=O) groups is 1. The van der Waals surface area contributed by atoms with Gasteiger partial charge in [0.25, 0.3) is 0 Å². The first-order valence-electron chi connectivity index (χ1n) is 10.0. The zero-order valence-electron chi connectivity index (χ0n) is 17.5. The summed E-state index contributed by atoms with van der Waals surface area (Å²) < 4.78 is 5.35. The van der Waals surface area contributed by atoms with Gasteiger partial charge in [-0.15, -0.1) is 0 Å². The molecule has 3 heterocycles. The van der Waals surface area contributed by atoms with Crippen molar-refractivity contribution in [2.45, 2.75) is 33.4 Å². The van der Waals surface area contributed by atoms with Crippen molar-refractivity contribution in [2.75, 3.05) is 33.7 Å². The zero-order valence-corrected chi connectivity index (χ0v) is 17.5. The van der Waals surface area contributed by atoms with Crippen LogP contribution in [0.3, 0.4) is 0 Å². The van der Waals surface area contributed by atoms with E-state index in [9.17, 15) is 4.79 Å². The molecule has 6 heteroatoms. The van der Waals surface area contributed by atoms with Crippen molar-refractivity contribution in [3.05, 3.63) is 52.4 Å². The summed E-state index contributed by atoms with van der Waals surface area (Å²) in [5, 5.41) is 4.10. The number of likely N-dealkylation sites (tertiary alicyclic amines) is 2. The van der Waals surface area contributed by atoms with E-state index in [2.05, 4.69) is 46.1 Å². The van der Waals surface area contributed by atoms with Gasteiger partial charge in [-0.25, -0.2) is 4.79 Å². The molecule has 2 aromatic rings. The maximum Gasteiger partial charge on any atom is 0.320 e. The van der Waals surface area contributed by atoms with Gasteiger partial charge in [-0.3, -0.25) is 4.90 Å². The second-order valence-electron chi connectivity index (χ2n) is 8.55. The van der Waals surface area contributed by atoms with E-state index in [0.717, 1.165) is 37.6 Å². The average molecular weight is 383 g/mol. The van der Waals surface area contributed by atoms with Crippen molar-refractivity contribution in [3.63, 3.8) is 0 Å². The summed E-state index contributed by atoms with van der Waals surface area (Å²) in [6, 6.07) is 8.75. The molecule has 0 saturated carbocycles. The lowest BCUT2D eigenvalue weighted by Gasteiger charge is -2.32. The van der Waals surface area contributed by atoms with Gasteiger partial charge in [0, 0.05) is 51.8 Å². The largest absolute Gasteiger partial charge is 0.361 e. The Morgan fingerprint density at radius 1 is 1.18 bits per heavy atom. The number of rotatable bonds is 3. The molecule has 0 bridgehead atoms. The van der Waals surface area contributed by atoms with Crippen LogP contribution in [0.1, 0.15) is 34.2 Å². The van der Waals surface area contributed by atoms with Crippen molar-refractivity contribution < 1.29 is 9.32 Å². The highest BCUT2D eigenvalue weighted by Gasteiger charge is 2.49. The van der Waals surface area contributed by atoms with Gasteiger partial charge in [0.1, 0.15) is 5.76 Å². The van der Waals surface area contributed by atoms with E-state index in [0.29, 0.717) is 11.8 Å². The smallest absolute Gasteiger partial charge is 0.320 e. The van der Waals surface area contributed by atoms with E-state index in [4.69, 9.17) is 4.52 Å². The summed E-state index contributed by atoms with van der Waals surface area (Å²) in [6.45, 7) is 9.84. The van der Waals surface area contributed by atoms with Crippen molar-refractivity contribution in [1.29, 1.82) is 0 Å². The van der Waals surface area contributed by atoms with Gasteiger partial charge in [-0.05, 0) is 37.8 Å². The highest BCUT2D eigenvalue weighted by Crippen LogP contribution is 2.46. The third kappa shape index (κ3) is 3.20. The molecule has 4 rings (SSSR count). The van der Waals surface area contributed by atoms with Crippen LogP contribution in [0.15, 0.2) is 28.8 Å². The van der Waals surface area contributed by atoms with Crippen LogP contribution < -0.4 is 0 Å². The molecule has 0 spiro atoms. The SMILES string of the molecule is Cc1ccccc1[C@H]1[C@@H]2CN(Cc3c(C)noc3C)C[C@@H]2CN1C(=O)N(C)C. The quantitative estimate of drug-likeness (QED) is 0.817. The molecule has 0 aliphatic carbocycles. The van der Waals surface area contributed by atoms with Crippen molar-refractivity contribution in [3.8, 4) is 0 Å². The Labute approximate surface area is 167 Å². The van der Waals surface area contributed by atoms with Gasteiger partial charge in [0.2, 0.25) is 0 Å². The van der Waals surface area contributed by atoms with Crippen LogP contribution in [-0.4, -0.2) is 59.6 Å². The summed E-state index contributed by atoms with van der Waals surface area (Å²) in [4.78, 5) is 19.2. The Morgan fingerprint density at radius 2 is 1.93 bits per heavy atom. The van der Waals surface area contributed by atoms with Crippen LogP contribution in [-0.2, 0) is 6.54 Å². The molecule has 28 heavy (non-hydrogen) atoms. The number of benzene rings is 1. The lowest BCUT2D eigenvalue weighted by Crippen LogP contribution is -2.41. The number of carbonyl (C=O) groups excluding carboxylic acids is 1. The first-order chi connectivity index (χ1) is 13.4. The molecule has 150 valence electrons. The van der Waals surface area contributed by atoms with Crippen LogP contribution >= 0.6 is 0 Å². The fraction of sp³-hybridized carbons (Fsp3) is 0.545. The third-order valence-electron chi connectivity index (χ3n) is 6.44. The maximum absolute atomic E-state index is 12.9. The summed E-state index contributed by atoms with van der Waals surface area (Å²) in [7, 11) is 3.68. The molecule has 2 amide bonds. The third-order valence-corrected chi connectivity index (χ3v) is 6.44. The fourth-order valence-corrected chi connectivity index (χ4v) is 4.99. The Morgan fingerprint density at radius 3 is 2.57 bits per heavy atom. The van der Waals surface area contributed by atoms with E-state index < -0.39 is 0 Å². The molecule has 3 atom stereocenters. The van der Waals surface area contributed by atoms with Crippen molar-refractivity contribution in [1.82, 2.24) is 19.9 Å². The molecule has 1 aromatic carbocycles. The topological polar surface area (TPSA) is 52.8 Å². The van der Waals surface area contributed by atoms with Crippen LogP contribution in [0, 0.1) is 32.6 Å². The normalized spacial score (nSPS) is 24.6. The molecule has 6 nitrogen and oxygen atoms in total. The number of amides is 2. The van der Waals surface area contributed by atoms with Crippen LogP contribution in [0.4, 0.5) is 4.79 Å². The minimum Gasteiger partial charge on any atom is -0.361 e. The van der Waals surface area contributed by atoms with E-state index in [1.54, 1.807) is 4.90 Å². The number of nitrogens with zero attached hydrogens (tertiary/aromatic N) is 4. The molecular weight excluding hydrogens is 352 g/mol. The van der Waals surface area contributed by atoms with Gasteiger partial charge >= 0.3 is 6.03 Å². The van der Waals surface area contributed by atoms with Crippen LogP contribution in [0.5, 0.6) is 0 Å². The van der Waals surface area contributed by atoms with E-state index in [1.807, 2.05) is 27.9 Å². The second kappa shape index (κ2) is 7.24. The zero-order chi connectivity index (χ0) is 20.0. The molecule has 2 fully saturated rings. The summed E-state index contributed by atoms with van der Waals surface area (Å²) in [5.41, 5.74) is 4.72. The van der Waals surface area contributed by atoms with Gasteiger partial charge in [0.15, 0.2) is 0 Å². The summed E-state index contributed by atoms with van der Waals surface area (Å²) in [5.74, 6) is 1.86. The first kappa shape index (κ1) is 19.0. The first-order valence-corrected chi connectivity index (χ1v) is 10.0. The molecule has 2 aliphatic rings. The highest BCUT2D eigenvalue weighted by molar-refractivity contribution is 5.75. The van der Waals surface area contributed by atoms with Gasteiger partial charge < -0.3 is 14.3 Å². The Balaban J connectivity index is 1.60. The highest BCUT2D eigenvalue weighted by atomic mass is 16.5. The number of hydrogen-bond acceptors (Lipinski definition) is 4. The summed E-state index contributed by atoms with van der Waals surface area (Å²) in [6.07, 6.45) is 0. The Bertz CT molecular complexity index is 856. The van der Waals surface area contributed by atoms with Crippen molar-refractivity contribution >= 4 is 6.03 Å². The summed E-state index contributed by atoms with van der Waals surface area (Å²) >= 11 is 0. The standard InChI is InChI=1S/C22H30N4O2/c1-14-8-6-7-9-18(14)21-20-13-25(12-19-15(2)23-28-16(19)3)10-17(20)11-26(21)22(27)24(4)5/h6-9,17,20-21H,10-13H2,1-5H3/t17-,20-,21+/m1/s1. The monoisotopic (exact) mass is 382 g/mol. The Hall–Kier alpha value is -2.34. The molecule has 2 aliphatic heterocycles. The van der Waals surface area contributed by atoms with Gasteiger partial charge in [-0.1, -0.05) is 29.4 Å². The molecule has 0 unspecified atom stereocenters. The molecule has 1 aromatic heterocycles. The lowest BCUT2D eigenvalue weighted by atomic mass is 9.88. The molecular formula is C22H30N4O2. The number of urea groups is 1. The fourth-order valence-electron chi connectivity index (χ4n) is 4.99. The van der Waals surface area contributed by atoms with Gasteiger partial charge in [0.05, 0.1) is 11.7 Å². The number of aromatic nitrogens is 1. The van der Waals surface area contributed by atoms with Crippen LogP contribution in [0.2, 0.25) is 0 Å². The average Bonchev–Trinajstić information content (AvgIpc) is 3.30. The minimum absolute atomic E-state index is 0.111. The lowest BCUT2D eigenvalue weighted by molar-refractivity contribution is 0.151. The van der Waals surface area contributed by atoms with E-state index in [1.165, 1.54) is 16.7 Å². The number of hydrogen-bond donors (Lipinski definition) is 0. The van der Waals surface area contributed by atoms with E-state index >= 15 is 0 Å². The minimum atomic E-state index is 0.111. The molecule has 2 saturated heterocycles. The predicted molar refractivity (Wildman–Crippen MR) is 108 cm³/mol. The molecule has 0 radical (unpaired) electrons. The number of fused-ring (bicyclic) bond motifs is 1.